The third kappa shape index (κ3) is 1.23. The van der Waals surface area contributed by atoms with Crippen LogP contribution in [0, 0.1) is 0 Å². The highest BCUT2D eigenvalue weighted by Crippen LogP contribution is 2.41. The second-order valence-electron chi connectivity index (χ2n) is 4.66. The number of ketones is 1. The summed E-state index contributed by atoms with van der Waals surface area (Å²) in [5.74, 6) is -0.0216. The van der Waals surface area contributed by atoms with E-state index in [2.05, 4.69) is 5.10 Å². The van der Waals surface area contributed by atoms with E-state index in [1.165, 1.54) is 0 Å². The number of benzene rings is 2. The van der Waals surface area contributed by atoms with E-state index in [1.54, 1.807) is 6.07 Å². The summed E-state index contributed by atoms with van der Waals surface area (Å²) in [7, 11) is 1.89. The molecule has 4 heteroatoms. The van der Waals surface area contributed by atoms with Gasteiger partial charge in [-0.1, -0.05) is 35.9 Å². The van der Waals surface area contributed by atoms with Gasteiger partial charge in [-0.25, -0.2) is 0 Å². The molecule has 4 rings (SSSR count). The molecule has 1 aromatic heterocycles. The normalized spacial score (nSPS) is 12.8. The molecule has 3 nitrogen and oxygen atoms in total. The highest BCUT2D eigenvalue weighted by Gasteiger charge is 2.29. The minimum Gasteiger partial charge on any atom is -0.289 e. The number of rotatable bonds is 0. The van der Waals surface area contributed by atoms with Gasteiger partial charge in [-0.15, -0.1) is 0 Å². The van der Waals surface area contributed by atoms with E-state index in [1.807, 2.05) is 42.1 Å². The zero-order valence-electron chi connectivity index (χ0n) is 10.1. The molecule has 0 unspecified atom stereocenters. The van der Waals surface area contributed by atoms with Crippen LogP contribution in [-0.4, -0.2) is 15.6 Å². The number of hydrogen-bond acceptors (Lipinski definition) is 2. The Labute approximate surface area is 114 Å². The van der Waals surface area contributed by atoms with Gasteiger partial charge in [0.1, 0.15) is 0 Å². The van der Waals surface area contributed by atoms with Gasteiger partial charge in [-0.3, -0.25) is 9.48 Å². The predicted octanol–water partition coefficient (Wildman–Crippen LogP) is 3.44. The van der Waals surface area contributed by atoms with Gasteiger partial charge in [0.25, 0.3) is 0 Å². The highest BCUT2D eigenvalue weighted by molar-refractivity contribution is 6.39. The van der Waals surface area contributed by atoms with E-state index in [-0.39, 0.29) is 5.78 Å². The number of nitrogens with zero attached hydrogens (tertiary/aromatic N) is 2. The second kappa shape index (κ2) is 3.45. The number of aryl methyl sites for hydroxylation is 1. The molecule has 3 aromatic rings. The van der Waals surface area contributed by atoms with Crippen LogP contribution in [-0.2, 0) is 7.05 Å². The van der Waals surface area contributed by atoms with Gasteiger partial charge < -0.3 is 0 Å². The molecule has 19 heavy (non-hydrogen) atoms. The fourth-order valence-corrected chi connectivity index (χ4v) is 3.06. The van der Waals surface area contributed by atoms with Crippen molar-refractivity contribution in [1.29, 1.82) is 0 Å². The summed E-state index contributed by atoms with van der Waals surface area (Å²) in [6, 6.07) is 11.2. The summed E-state index contributed by atoms with van der Waals surface area (Å²) in [4.78, 5) is 12.6. The first-order valence-electron chi connectivity index (χ1n) is 5.98. The van der Waals surface area contributed by atoms with Crippen LogP contribution < -0.4 is 0 Å². The molecule has 2 aromatic carbocycles. The van der Waals surface area contributed by atoms with Gasteiger partial charge in [0, 0.05) is 23.6 Å². The highest BCUT2D eigenvalue weighted by atomic mass is 35.5. The van der Waals surface area contributed by atoms with Crippen molar-refractivity contribution in [3.8, 4) is 11.3 Å². The first-order valence-corrected chi connectivity index (χ1v) is 6.35. The summed E-state index contributed by atoms with van der Waals surface area (Å²) in [6.45, 7) is 0. The zero-order chi connectivity index (χ0) is 13.1. The molecule has 0 aliphatic heterocycles. The Morgan fingerprint density at radius 1 is 1.11 bits per heavy atom. The maximum atomic E-state index is 12.6. The minimum absolute atomic E-state index is 0.0216. The summed E-state index contributed by atoms with van der Waals surface area (Å²) < 4.78 is 1.82. The minimum atomic E-state index is -0.0216. The van der Waals surface area contributed by atoms with Crippen LogP contribution in [0.1, 0.15) is 15.9 Å². The van der Waals surface area contributed by atoms with Gasteiger partial charge in [0.05, 0.1) is 21.8 Å². The summed E-state index contributed by atoms with van der Waals surface area (Å²) in [6.07, 6.45) is 0. The Morgan fingerprint density at radius 2 is 1.84 bits per heavy atom. The van der Waals surface area contributed by atoms with Crippen molar-refractivity contribution >= 4 is 28.3 Å². The zero-order valence-corrected chi connectivity index (χ0v) is 10.9. The average Bonchev–Trinajstić information content (AvgIpc) is 2.74. The topological polar surface area (TPSA) is 34.9 Å². The Bertz CT molecular complexity index is 864. The summed E-state index contributed by atoms with van der Waals surface area (Å²) in [5.41, 5.74) is 3.95. The molecule has 1 aliphatic carbocycles. The molecule has 0 atom stereocenters. The quantitative estimate of drug-likeness (QED) is 0.490. The van der Waals surface area contributed by atoms with Crippen LogP contribution in [0.15, 0.2) is 36.4 Å². The van der Waals surface area contributed by atoms with Gasteiger partial charge in [-0.05, 0) is 12.1 Å². The number of aromatic nitrogens is 2. The third-order valence-corrected chi connectivity index (χ3v) is 3.92. The Kier molecular flexibility index (Phi) is 1.96. The summed E-state index contributed by atoms with van der Waals surface area (Å²) >= 11 is 6.22. The molecule has 1 aliphatic rings. The Hall–Kier alpha value is -2.13. The molecule has 92 valence electrons. The predicted molar refractivity (Wildman–Crippen MR) is 74.6 cm³/mol. The van der Waals surface area contributed by atoms with E-state index >= 15 is 0 Å². The molecule has 0 N–H and O–H groups in total. The smallest absolute Gasteiger partial charge is 0.195 e. The van der Waals surface area contributed by atoms with Crippen molar-refractivity contribution in [2.24, 2.45) is 7.05 Å². The van der Waals surface area contributed by atoms with Crippen LogP contribution >= 0.6 is 11.6 Å². The standard InChI is InChI=1S/C15H9ClN2O/c1-18-14-8-4-2-3-5-9(8)15(19)12-10(16)6-7-11(17-18)13(12)14/h2-7H,1H3. The van der Waals surface area contributed by atoms with E-state index in [9.17, 15) is 4.79 Å². The van der Waals surface area contributed by atoms with Crippen LogP contribution in [0.5, 0.6) is 0 Å². The lowest BCUT2D eigenvalue weighted by molar-refractivity contribution is 0.104. The molecule has 0 fully saturated rings. The van der Waals surface area contributed by atoms with Crippen molar-refractivity contribution in [2.45, 2.75) is 0 Å². The number of fused-ring (bicyclic) bond motifs is 2. The van der Waals surface area contributed by atoms with E-state index in [4.69, 9.17) is 11.6 Å². The number of halogens is 1. The van der Waals surface area contributed by atoms with E-state index < -0.39 is 0 Å². The molecule has 0 radical (unpaired) electrons. The second-order valence-corrected chi connectivity index (χ2v) is 5.07. The number of carbonyl (C=O) groups excluding carboxylic acids is 1. The fraction of sp³-hybridized carbons (Fsp3) is 0.0667. The third-order valence-electron chi connectivity index (χ3n) is 3.60. The lowest BCUT2D eigenvalue weighted by Crippen LogP contribution is -2.11. The number of hydrogen-bond donors (Lipinski definition) is 0. The molecular formula is C15H9ClN2O. The van der Waals surface area contributed by atoms with E-state index in [0.29, 0.717) is 16.1 Å². The molecule has 0 spiro atoms. The molecular weight excluding hydrogens is 260 g/mol. The van der Waals surface area contributed by atoms with Crippen LogP contribution in [0.25, 0.3) is 22.2 Å². The summed E-state index contributed by atoms with van der Waals surface area (Å²) in [5, 5.41) is 5.81. The van der Waals surface area contributed by atoms with Crippen molar-refractivity contribution in [3.63, 3.8) is 0 Å². The molecule has 1 heterocycles. The van der Waals surface area contributed by atoms with Crippen molar-refractivity contribution < 1.29 is 4.79 Å². The van der Waals surface area contributed by atoms with Crippen LogP contribution in [0.4, 0.5) is 0 Å². The van der Waals surface area contributed by atoms with Gasteiger partial charge in [0.15, 0.2) is 5.78 Å². The maximum absolute atomic E-state index is 12.6. The van der Waals surface area contributed by atoms with Gasteiger partial charge >= 0.3 is 0 Å². The Morgan fingerprint density at radius 3 is 2.63 bits per heavy atom. The monoisotopic (exact) mass is 268 g/mol. The van der Waals surface area contributed by atoms with Gasteiger partial charge in [-0.2, -0.15) is 5.10 Å². The van der Waals surface area contributed by atoms with E-state index in [0.717, 1.165) is 22.2 Å². The van der Waals surface area contributed by atoms with Crippen molar-refractivity contribution in [3.05, 3.63) is 52.5 Å². The SMILES string of the molecule is Cn1nc2ccc(Cl)c3c2c1-c1ccccc1C3=O. The van der Waals surface area contributed by atoms with Crippen molar-refractivity contribution in [2.75, 3.05) is 0 Å². The molecule has 0 bridgehead atoms. The fourth-order valence-electron chi connectivity index (χ4n) is 2.82. The first kappa shape index (κ1) is 10.8. The Balaban J connectivity index is 2.31. The lowest BCUT2D eigenvalue weighted by atomic mass is 9.87. The molecule has 0 amide bonds. The van der Waals surface area contributed by atoms with Crippen LogP contribution in [0.2, 0.25) is 5.02 Å². The molecule has 0 saturated carbocycles. The van der Waals surface area contributed by atoms with Gasteiger partial charge in [0.2, 0.25) is 0 Å². The van der Waals surface area contributed by atoms with Crippen molar-refractivity contribution in [1.82, 2.24) is 9.78 Å². The molecule has 0 saturated heterocycles. The van der Waals surface area contributed by atoms with Crippen LogP contribution in [0.3, 0.4) is 0 Å². The first-order chi connectivity index (χ1) is 9.18. The lowest BCUT2D eigenvalue weighted by Gasteiger charge is -2.17. The maximum Gasteiger partial charge on any atom is 0.195 e. The number of carbonyl (C=O) groups is 1. The largest absolute Gasteiger partial charge is 0.289 e. The average molecular weight is 269 g/mol.